The minimum Gasteiger partial charge on any atom is -0.496 e. The second kappa shape index (κ2) is 7.05. The van der Waals surface area contributed by atoms with Crippen LogP contribution >= 0.6 is 0 Å². The van der Waals surface area contributed by atoms with E-state index in [9.17, 15) is 4.79 Å². The first kappa shape index (κ1) is 16.5. The zero-order chi connectivity index (χ0) is 17.1. The van der Waals surface area contributed by atoms with Crippen LogP contribution in [0.2, 0.25) is 0 Å². The quantitative estimate of drug-likeness (QED) is 0.936. The third kappa shape index (κ3) is 3.29. The van der Waals surface area contributed by atoms with Crippen molar-refractivity contribution in [3.05, 3.63) is 58.7 Å². The maximum absolute atomic E-state index is 12.7. The highest BCUT2D eigenvalue weighted by Gasteiger charge is 2.19. The second-order valence-electron chi connectivity index (χ2n) is 6.27. The Balaban J connectivity index is 1.87. The highest BCUT2D eigenvalue weighted by atomic mass is 16.5. The largest absolute Gasteiger partial charge is 0.496 e. The van der Waals surface area contributed by atoms with Crippen LogP contribution in [-0.4, -0.2) is 31.5 Å². The molecule has 0 saturated heterocycles. The van der Waals surface area contributed by atoms with Gasteiger partial charge >= 0.3 is 0 Å². The number of nitrogens with one attached hydrogen (secondary N) is 1. The Morgan fingerprint density at radius 2 is 2.12 bits per heavy atom. The molecule has 1 amide bonds. The third-order valence-corrected chi connectivity index (χ3v) is 4.62. The summed E-state index contributed by atoms with van der Waals surface area (Å²) in [5.74, 6) is 0.498. The lowest BCUT2D eigenvalue weighted by molar-refractivity contribution is 0.102. The van der Waals surface area contributed by atoms with Crippen LogP contribution in [0.4, 0.5) is 5.69 Å². The van der Waals surface area contributed by atoms with Crippen molar-refractivity contribution in [2.24, 2.45) is 0 Å². The first-order valence-corrected chi connectivity index (χ1v) is 8.40. The van der Waals surface area contributed by atoms with Gasteiger partial charge in [0.05, 0.1) is 12.7 Å². The summed E-state index contributed by atoms with van der Waals surface area (Å²) >= 11 is 0. The lowest BCUT2D eigenvalue weighted by Crippen LogP contribution is -2.27. The molecule has 3 rings (SSSR count). The topological polar surface area (TPSA) is 41.6 Å². The Morgan fingerprint density at radius 3 is 2.88 bits per heavy atom. The maximum atomic E-state index is 12.7. The number of fused-ring (bicyclic) bond motifs is 1. The molecule has 0 fully saturated rings. The van der Waals surface area contributed by atoms with Crippen LogP contribution in [0.1, 0.15) is 34.0 Å². The number of amides is 1. The first-order valence-electron chi connectivity index (χ1n) is 8.40. The summed E-state index contributed by atoms with van der Waals surface area (Å²) in [5.41, 5.74) is 5.17. The summed E-state index contributed by atoms with van der Waals surface area (Å²) in [4.78, 5) is 15.0. The number of ether oxygens (including phenoxy) is 1. The number of carbonyl (C=O) groups is 1. The monoisotopic (exact) mass is 324 g/mol. The van der Waals surface area contributed by atoms with E-state index in [1.807, 2.05) is 30.3 Å². The van der Waals surface area contributed by atoms with E-state index in [1.54, 1.807) is 7.11 Å². The van der Waals surface area contributed by atoms with E-state index >= 15 is 0 Å². The van der Waals surface area contributed by atoms with E-state index < -0.39 is 0 Å². The Hall–Kier alpha value is -2.33. The summed E-state index contributed by atoms with van der Waals surface area (Å²) in [6.45, 7) is 4.02. The summed E-state index contributed by atoms with van der Waals surface area (Å²) in [6, 6.07) is 11.9. The molecule has 1 N–H and O–H groups in total. The summed E-state index contributed by atoms with van der Waals surface area (Å²) in [5, 5.41) is 3.08. The van der Waals surface area contributed by atoms with Crippen LogP contribution in [0.3, 0.4) is 0 Å². The number of aryl methyl sites for hydroxylation is 1. The molecule has 126 valence electrons. The first-order chi connectivity index (χ1) is 11.6. The van der Waals surface area contributed by atoms with Crippen molar-refractivity contribution >= 4 is 11.6 Å². The van der Waals surface area contributed by atoms with Gasteiger partial charge in [0.25, 0.3) is 5.91 Å². The molecule has 4 heteroatoms. The molecule has 0 aliphatic carbocycles. The Labute approximate surface area is 143 Å². The maximum Gasteiger partial charge on any atom is 0.259 e. The SMILES string of the molecule is CCc1ccc(C(=O)Nc2cccc3c2CCN(C)C3)c(OC)c1. The van der Waals surface area contributed by atoms with Gasteiger partial charge in [-0.15, -0.1) is 0 Å². The smallest absolute Gasteiger partial charge is 0.259 e. The molecule has 1 heterocycles. The van der Waals surface area contributed by atoms with Crippen molar-refractivity contribution < 1.29 is 9.53 Å². The van der Waals surface area contributed by atoms with Crippen molar-refractivity contribution in [3.63, 3.8) is 0 Å². The zero-order valence-corrected chi connectivity index (χ0v) is 14.6. The van der Waals surface area contributed by atoms with E-state index in [4.69, 9.17) is 4.74 Å². The molecule has 1 aliphatic heterocycles. The molecule has 4 nitrogen and oxygen atoms in total. The Kier molecular flexibility index (Phi) is 4.86. The van der Waals surface area contributed by atoms with Crippen molar-refractivity contribution in [1.82, 2.24) is 4.90 Å². The van der Waals surface area contributed by atoms with Crippen LogP contribution in [0, 0.1) is 0 Å². The van der Waals surface area contributed by atoms with Crippen molar-refractivity contribution in [2.75, 3.05) is 26.0 Å². The molecule has 0 bridgehead atoms. The van der Waals surface area contributed by atoms with E-state index in [0.717, 1.165) is 37.2 Å². The fourth-order valence-corrected chi connectivity index (χ4v) is 3.20. The molecule has 24 heavy (non-hydrogen) atoms. The van der Waals surface area contributed by atoms with E-state index in [-0.39, 0.29) is 5.91 Å². The summed E-state index contributed by atoms with van der Waals surface area (Å²) in [7, 11) is 3.72. The number of anilines is 1. The number of methoxy groups -OCH3 is 1. The second-order valence-corrected chi connectivity index (χ2v) is 6.27. The van der Waals surface area contributed by atoms with Gasteiger partial charge in [-0.05, 0) is 54.8 Å². The number of nitrogens with zero attached hydrogens (tertiary/aromatic N) is 1. The number of rotatable bonds is 4. The van der Waals surface area contributed by atoms with Crippen molar-refractivity contribution in [3.8, 4) is 5.75 Å². The van der Waals surface area contributed by atoms with Gasteiger partial charge in [-0.1, -0.05) is 25.1 Å². The Bertz CT molecular complexity index is 755. The number of likely N-dealkylation sites (N-methyl/N-ethyl adjacent to an activating group) is 1. The molecule has 1 aliphatic rings. The van der Waals surface area contributed by atoms with Gasteiger partial charge in [0.1, 0.15) is 5.75 Å². The van der Waals surface area contributed by atoms with Gasteiger partial charge in [-0.2, -0.15) is 0 Å². The van der Waals surface area contributed by atoms with Crippen LogP contribution in [-0.2, 0) is 19.4 Å². The number of hydrogen-bond acceptors (Lipinski definition) is 3. The van der Waals surface area contributed by atoms with Gasteiger partial charge in [0, 0.05) is 18.8 Å². The highest BCUT2D eigenvalue weighted by molar-refractivity contribution is 6.06. The van der Waals surface area contributed by atoms with Gasteiger partial charge in [-0.3, -0.25) is 4.79 Å². The van der Waals surface area contributed by atoms with Gasteiger partial charge in [0.15, 0.2) is 0 Å². The van der Waals surface area contributed by atoms with E-state index in [1.165, 1.54) is 11.1 Å². The van der Waals surface area contributed by atoms with Crippen LogP contribution < -0.4 is 10.1 Å². The number of carbonyl (C=O) groups excluding carboxylic acids is 1. The van der Waals surface area contributed by atoms with E-state index in [0.29, 0.717) is 11.3 Å². The zero-order valence-electron chi connectivity index (χ0n) is 14.6. The summed E-state index contributed by atoms with van der Waals surface area (Å²) < 4.78 is 5.41. The lowest BCUT2D eigenvalue weighted by Gasteiger charge is -2.26. The fourth-order valence-electron chi connectivity index (χ4n) is 3.20. The van der Waals surface area contributed by atoms with E-state index in [2.05, 4.69) is 30.3 Å². The summed E-state index contributed by atoms with van der Waals surface area (Å²) in [6.07, 6.45) is 1.87. The van der Waals surface area contributed by atoms with Crippen LogP contribution in [0.25, 0.3) is 0 Å². The normalized spacial score (nSPS) is 14.1. The van der Waals surface area contributed by atoms with Gasteiger partial charge in [0.2, 0.25) is 0 Å². The molecule has 2 aromatic carbocycles. The molecule has 0 spiro atoms. The molecule has 0 radical (unpaired) electrons. The molecule has 0 aromatic heterocycles. The van der Waals surface area contributed by atoms with Gasteiger partial charge < -0.3 is 15.0 Å². The van der Waals surface area contributed by atoms with Crippen LogP contribution in [0.15, 0.2) is 36.4 Å². The average Bonchev–Trinajstić information content (AvgIpc) is 2.60. The fraction of sp³-hybridized carbons (Fsp3) is 0.350. The number of hydrogen-bond donors (Lipinski definition) is 1. The molecule has 0 unspecified atom stereocenters. The molecular formula is C20H24N2O2. The van der Waals surface area contributed by atoms with Crippen LogP contribution in [0.5, 0.6) is 5.75 Å². The molecule has 2 aromatic rings. The Morgan fingerprint density at radius 1 is 1.29 bits per heavy atom. The third-order valence-electron chi connectivity index (χ3n) is 4.62. The standard InChI is InChI=1S/C20H24N2O2/c1-4-14-8-9-17(19(12-14)24-3)20(23)21-18-7-5-6-15-13-22(2)11-10-16(15)18/h5-9,12H,4,10-11,13H2,1-3H3,(H,21,23). The van der Waals surface area contributed by atoms with Crippen molar-refractivity contribution in [1.29, 1.82) is 0 Å². The van der Waals surface area contributed by atoms with Crippen molar-refractivity contribution in [2.45, 2.75) is 26.3 Å². The molecular weight excluding hydrogens is 300 g/mol. The molecule has 0 atom stereocenters. The highest BCUT2D eigenvalue weighted by Crippen LogP contribution is 2.27. The predicted octanol–water partition coefficient (Wildman–Crippen LogP) is 3.50. The average molecular weight is 324 g/mol. The minimum atomic E-state index is -0.123. The number of benzene rings is 2. The van der Waals surface area contributed by atoms with Gasteiger partial charge in [-0.25, -0.2) is 0 Å². The minimum absolute atomic E-state index is 0.123. The molecule has 0 saturated carbocycles. The lowest BCUT2D eigenvalue weighted by atomic mass is 9.98. The predicted molar refractivity (Wildman–Crippen MR) is 96.8 cm³/mol.